The third-order valence-electron chi connectivity index (χ3n) is 5.42. The number of piperidine rings is 1. The summed E-state index contributed by atoms with van der Waals surface area (Å²) >= 11 is 0. The van der Waals surface area contributed by atoms with Crippen LogP contribution in [0.25, 0.3) is 0 Å². The molecule has 126 valence electrons. The van der Waals surface area contributed by atoms with E-state index in [0.717, 1.165) is 56.8 Å². The van der Waals surface area contributed by atoms with Crippen LogP contribution in [0, 0.1) is 19.8 Å². The standard InChI is InChI=1S/C17H25N3O3/c1-10-14(11(2)23-19-10)8-20-6-5-12-7-15(22-16(12)9-20)17(21)18-13-3-4-13/h12-13,15-16H,3-9H2,1-2H3,(H,18,21)/t12-,15+,16-/m0/s1. The van der Waals surface area contributed by atoms with E-state index in [9.17, 15) is 4.79 Å². The van der Waals surface area contributed by atoms with E-state index in [1.165, 1.54) is 5.56 Å². The number of rotatable bonds is 4. The van der Waals surface area contributed by atoms with Crippen LogP contribution < -0.4 is 5.32 Å². The Kier molecular flexibility index (Phi) is 3.89. The molecule has 1 aliphatic carbocycles. The van der Waals surface area contributed by atoms with Gasteiger partial charge >= 0.3 is 0 Å². The molecule has 0 bridgehead atoms. The van der Waals surface area contributed by atoms with Gasteiger partial charge in [0.05, 0.1) is 11.8 Å². The summed E-state index contributed by atoms with van der Waals surface area (Å²) < 4.78 is 11.3. The molecule has 1 aromatic rings. The number of likely N-dealkylation sites (tertiary alicyclic amines) is 1. The van der Waals surface area contributed by atoms with Gasteiger partial charge in [-0.2, -0.15) is 0 Å². The molecule has 1 amide bonds. The summed E-state index contributed by atoms with van der Waals surface area (Å²) in [5.41, 5.74) is 2.16. The fourth-order valence-corrected chi connectivity index (χ4v) is 3.78. The lowest BCUT2D eigenvalue weighted by Crippen LogP contribution is -2.42. The van der Waals surface area contributed by atoms with E-state index in [1.807, 2.05) is 13.8 Å². The van der Waals surface area contributed by atoms with Crippen LogP contribution in [0.1, 0.15) is 42.7 Å². The minimum absolute atomic E-state index is 0.0965. The Morgan fingerprint density at radius 3 is 2.87 bits per heavy atom. The van der Waals surface area contributed by atoms with E-state index in [2.05, 4.69) is 15.4 Å². The van der Waals surface area contributed by atoms with Gasteiger partial charge in [0.2, 0.25) is 5.91 Å². The summed E-state index contributed by atoms with van der Waals surface area (Å²) in [6.07, 6.45) is 4.15. The lowest BCUT2D eigenvalue weighted by atomic mass is 9.91. The minimum Gasteiger partial charge on any atom is -0.364 e. The summed E-state index contributed by atoms with van der Waals surface area (Å²) in [5, 5.41) is 7.10. The maximum Gasteiger partial charge on any atom is 0.249 e. The molecule has 2 aliphatic heterocycles. The topological polar surface area (TPSA) is 67.6 Å². The van der Waals surface area contributed by atoms with Crippen LogP contribution in [0.5, 0.6) is 0 Å². The third-order valence-corrected chi connectivity index (χ3v) is 5.42. The number of hydrogen-bond acceptors (Lipinski definition) is 5. The van der Waals surface area contributed by atoms with Crippen molar-refractivity contribution in [3.63, 3.8) is 0 Å². The highest BCUT2D eigenvalue weighted by molar-refractivity contribution is 5.81. The van der Waals surface area contributed by atoms with Gasteiger partial charge in [-0.3, -0.25) is 9.69 Å². The number of hydrogen-bond donors (Lipinski definition) is 1. The number of nitrogens with one attached hydrogen (secondary N) is 1. The Labute approximate surface area is 136 Å². The van der Waals surface area contributed by atoms with Crippen molar-refractivity contribution >= 4 is 5.91 Å². The van der Waals surface area contributed by atoms with Crippen LogP contribution >= 0.6 is 0 Å². The van der Waals surface area contributed by atoms with Crippen LogP contribution in [0.15, 0.2) is 4.52 Å². The molecule has 3 heterocycles. The van der Waals surface area contributed by atoms with Crippen molar-refractivity contribution in [2.45, 2.75) is 64.3 Å². The number of amides is 1. The Morgan fingerprint density at radius 1 is 1.35 bits per heavy atom. The molecular formula is C17H25N3O3. The van der Waals surface area contributed by atoms with E-state index < -0.39 is 0 Å². The molecule has 1 saturated carbocycles. The van der Waals surface area contributed by atoms with E-state index in [1.54, 1.807) is 0 Å². The SMILES string of the molecule is Cc1noc(C)c1CN1CC[C@H]2C[C@H](C(=O)NC3CC3)O[C@H]2C1. The van der Waals surface area contributed by atoms with Crippen molar-refractivity contribution in [3.05, 3.63) is 17.0 Å². The number of aryl methyl sites for hydroxylation is 2. The van der Waals surface area contributed by atoms with Crippen LogP contribution in [0.4, 0.5) is 0 Å². The summed E-state index contributed by atoms with van der Waals surface area (Å²) in [5.74, 6) is 1.52. The highest BCUT2D eigenvalue weighted by atomic mass is 16.5. The lowest BCUT2D eigenvalue weighted by molar-refractivity contribution is -0.133. The normalized spacial score (nSPS) is 31.1. The summed E-state index contributed by atoms with van der Waals surface area (Å²) in [7, 11) is 0. The molecule has 0 aromatic carbocycles. The molecule has 1 aromatic heterocycles. The number of carbonyl (C=O) groups is 1. The molecule has 2 saturated heterocycles. The van der Waals surface area contributed by atoms with Gasteiger partial charge in [0, 0.05) is 24.7 Å². The van der Waals surface area contributed by atoms with Gasteiger partial charge in [0.1, 0.15) is 11.9 Å². The molecule has 1 N–H and O–H groups in total. The van der Waals surface area contributed by atoms with Crippen LogP contribution in [0.3, 0.4) is 0 Å². The number of aromatic nitrogens is 1. The second-order valence-corrected chi connectivity index (χ2v) is 7.27. The van der Waals surface area contributed by atoms with Gasteiger partial charge in [-0.15, -0.1) is 0 Å². The molecule has 23 heavy (non-hydrogen) atoms. The van der Waals surface area contributed by atoms with Crippen molar-refractivity contribution in [3.8, 4) is 0 Å². The molecule has 0 unspecified atom stereocenters. The largest absolute Gasteiger partial charge is 0.364 e. The molecule has 0 radical (unpaired) electrons. The second-order valence-electron chi connectivity index (χ2n) is 7.27. The quantitative estimate of drug-likeness (QED) is 0.912. The van der Waals surface area contributed by atoms with E-state index >= 15 is 0 Å². The van der Waals surface area contributed by atoms with E-state index in [0.29, 0.717) is 12.0 Å². The van der Waals surface area contributed by atoms with Gasteiger partial charge in [-0.05, 0) is 52.0 Å². The zero-order valence-electron chi connectivity index (χ0n) is 13.9. The first kappa shape index (κ1) is 15.1. The first-order chi connectivity index (χ1) is 11.1. The number of carbonyl (C=O) groups excluding carboxylic acids is 1. The van der Waals surface area contributed by atoms with Gasteiger partial charge in [0.15, 0.2) is 0 Å². The summed E-state index contributed by atoms with van der Waals surface area (Å²) in [4.78, 5) is 14.6. The third kappa shape index (κ3) is 3.15. The zero-order valence-corrected chi connectivity index (χ0v) is 13.9. The molecule has 6 heteroatoms. The molecule has 4 rings (SSSR count). The van der Waals surface area contributed by atoms with Crippen molar-refractivity contribution in [2.75, 3.05) is 13.1 Å². The summed E-state index contributed by atoms with van der Waals surface area (Å²) in [6.45, 7) is 6.75. The van der Waals surface area contributed by atoms with Crippen molar-refractivity contribution in [1.82, 2.24) is 15.4 Å². The fraction of sp³-hybridized carbons (Fsp3) is 0.765. The van der Waals surface area contributed by atoms with Gasteiger partial charge in [-0.1, -0.05) is 5.16 Å². The molecular weight excluding hydrogens is 294 g/mol. The summed E-state index contributed by atoms with van der Waals surface area (Å²) in [6, 6.07) is 0.407. The average molecular weight is 319 g/mol. The maximum absolute atomic E-state index is 12.2. The number of nitrogens with zero attached hydrogens (tertiary/aromatic N) is 2. The van der Waals surface area contributed by atoms with Gasteiger partial charge in [-0.25, -0.2) is 0 Å². The van der Waals surface area contributed by atoms with Crippen LogP contribution in [-0.2, 0) is 16.1 Å². The van der Waals surface area contributed by atoms with Crippen molar-refractivity contribution in [2.24, 2.45) is 5.92 Å². The fourth-order valence-electron chi connectivity index (χ4n) is 3.78. The Hall–Kier alpha value is -1.40. The van der Waals surface area contributed by atoms with Crippen LogP contribution in [-0.4, -0.2) is 47.3 Å². The first-order valence-corrected chi connectivity index (χ1v) is 8.70. The number of fused-ring (bicyclic) bond motifs is 1. The smallest absolute Gasteiger partial charge is 0.249 e. The minimum atomic E-state index is -0.246. The highest BCUT2D eigenvalue weighted by Crippen LogP contribution is 2.34. The Bertz CT molecular complexity index is 576. The predicted octanol–water partition coefficient (Wildman–Crippen LogP) is 1.55. The maximum atomic E-state index is 12.2. The molecule has 3 atom stereocenters. The Morgan fingerprint density at radius 2 is 2.17 bits per heavy atom. The second kappa shape index (κ2) is 5.91. The monoisotopic (exact) mass is 319 g/mol. The van der Waals surface area contributed by atoms with E-state index in [4.69, 9.17) is 9.26 Å². The molecule has 0 spiro atoms. The molecule has 6 nitrogen and oxygen atoms in total. The molecule has 3 aliphatic rings. The van der Waals surface area contributed by atoms with Crippen molar-refractivity contribution < 1.29 is 14.1 Å². The lowest BCUT2D eigenvalue weighted by Gasteiger charge is -2.33. The van der Waals surface area contributed by atoms with E-state index in [-0.39, 0.29) is 18.1 Å². The van der Waals surface area contributed by atoms with Gasteiger partial charge in [0.25, 0.3) is 0 Å². The van der Waals surface area contributed by atoms with Crippen LogP contribution in [0.2, 0.25) is 0 Å². The average Bonchev–Trinajstić information content (AvgIpc) is 3.15. The predicted molar refractivity (Wildman–Crippen MR) is 83.8 cm³/mol. The first-order valence-electron chi connectivity index (χ1n) is 8.70. The van der Waals surface area contributed by atoms with Gasteiger partial charge < -0.3 is 14.6 Å². The molecule has 3 fully saturated rings. The Balaban J connectivity index is 1.35. The number of ether oxygens (including phenoxy) is 1. The van der Waals surface area contributed by atoms with Crippen molar-refractivity contribution in [1.29, 1.82) is 0 Å². The highest BCUT2D eigenvalue weighted by Gasteiger charge is 2.42. The zero-order chi connectivity index (χ0) is 16.0.